The van der Waals surface area contributed by atoms with Crippen LogP contribution in [0.1, 0.15) is 20.3 Å². The molecule has 0 aliphatic heterocycles. The molecule has 2 atom stereocenters. The number of rotatable bonds is 4. The summed E-state index contributed by atoms with van der Waals surface area (Å²) in [6.07, 6.45) is 0.459. The maximum absolute atomic E-state index is 9.36. The minimum atomic E-state index is -0.303. The lowest BCUT2D eigenvalue weighted by molar-refractivity contribution is 0.141. The second-order valence-corrected chi connectivity index (χ2v) is 2.59. The summed E-state index contributed by atoms with van der Waals surface area (Å²) in [6.45, 7) is 7.65. The number of hydrogen-bond donors (Lipinski definition) is 2. The molecule has 2 heteroatoms. The van der Waals surface area contributed by atoms with Gasteiger partial charge in [-0.15, -0.1) is 0 Å². The molecule has 10 heavy (non-hydrogen) atoms. The zero-order valence-corrected chi connectivity index (χ0v) is 7.02. The summed E-state index contributed by atoms with van der Waals surface area (Å²) in [7, 11) is 1.83. The molecule has 0 unspecified atom stereocenters. The van der Waals surface area contributed by atoms with Crippen LogP contribution in [0.5, 0.6) is 0 Å². The SMILES string of the molecule is C=C(C)[C@@H](NC)[C@H](O)CC. The first-order valence-electron chi connectivity index (χ1n) is 3.64. The van der Waals surface area contributed by atoms with Crippen molar-refractivity contribution in [3.05, 3.63) is 12.2 Å². The Morgan fingerprint density at radius 1 is 1.70 bits per heavy atom. The zero-order valence-electron chi connectivity index (χ0n) is 7.02. The lowest BCUT2D eigenvalue weighted by atomic mass is 10.0. The summed E-state index contributed by atoms with van der Waals surface area (Å²) in [5.41, 5.74) is 0.983. The van der Waals surface area contributed by atoms with E-state index in [-0.39, 0.29) is 12.1 Å². The van der Waals surface area contributed by atoms with Gasteiger partial charge in [0.05, 0.1) is 12.1 Å². The van der Waals surface area contributed by atoms with E-state index in [4.69, 9.17) is 0 Å². The molecule has 2 N–H and O–H groups in total. The molecule has 0 heterocycles. The van der Waals surface area contributed by atoms with E-state index >= 15 is 0 Å². The lowest BCUT2D eigenvalue weighted by Gasteiger charge is -2.21. The third-order valence-corrected chi connectivity index (χ3v) is 1.64. The first-order chi connectivity index (χ1) is 4.63. The zero-order chi connectivity index (χ0) is 8.15. The molecule has 0 aromatic heterocycles. The fourth-order valence-electron chi connectivity index (χ4n) is 1.00. The molecule has 0 saturated carbocycles. The molecule has 0 fully saturated rings. The van der Waals surface area contributed by atoms with Gasteiger partial charge in [0.15, 0.2) is 0 Å². The topological polar surface area (TPSA) is 32.3 Å². The van der Waals surface area contributed by atoms with E-state index in [1.807, 2.05) is 20.9 Å². The number of aliphatic hydroxyl groups is 1. The van der Waals surface area contributed by atoms with Crippen LogP contribution in [-0.4, -0.2) is 24.3 Å². The van der Waals surface area contributed by atoms with E-state index < -0.39 is 0 Å². The monoisotopic (exact) mass is 143 g/mol. The molecule has 0 amide bonds. The van der Waals surface area contributed by atoms with Gasteiger partial charge in [-0.3, -0.25) is 0 Å². The van der Waals surface area contributed by atoms with Gasteiger partial charge >= 0.3 is 0 Å². The van der Waals surface area contributed by atoms with Crippen LogP contribution in [0.3, 0.4) is 0 Å². The van der Waals surface area contributed by atoms with Crippen molar-refractivity contribution in [1.82, 2.24) is 5.32 Å². The maximum Gasteiger partial charge on any atom is 0.0728 e. The fourth-order valence-corrected chi connectivity index (χ4v) is 1.00. The summed E-state index contributed by atoms with van der Waals surface area (Å²) in [6, 6.07) is 0.0463. The van der Waals surface area contributed by atoms with Crippen molar-refractivity contribution in [3.63, 3.8) is 0 Å². The molecule has 60 valence electrons. The average molecular weight is 143 g/mol. The predicted octanol–water partition coefficient (Wildman–Crippen LogP) is 0.921. The highest BCUT2D eigenvalue weighted by Crippen LogP contribution is 2.05. The Bertz CT molecular complexity index is 112. The Morgan fingerprint density at radius 2 is 2.20 bits per heavy atom. The van der Waals surface area contributed by atoms with E-state index in [9.17, 15) is 5.11 Å². The number of nitrogens with one attached hydrogen (secondary N) is 1. The van der Waals surface area contributed by atoms with Crippen molar-refractivity contribution in [1.29, 1.82) is 0 Å². The Morgan fingerprint density at radius 3 is 2.30 bits per heavy atom. The number of likely N-dealkylation sites (N-methyl/N-ethyl adjacent to an activating group) is 1. The molecule has 0 saturated heterocycles. The molecule has 0 radical (unpaired) electrons. The summed E-state index contributed by atoms with van der Waals surface area (Å²) >= 11 is 0. The maximum atomic E-state index is 9.36. The normalized spacial score (nSPS) is 16.4. The van der Waals surface area contributed by atoms with Crippen molar-refractivity contribution < 1.29 is 5.11 Å². The van der Waals surface area contributed by atoms with Crippen LogP contribution in [-0.2, 0) is 0 Å². The van der Waals surface area contributed by atoms with Crippen LogP contribution in [0.15, 0.2) is 12.2 Å². The van der Waals surface area contributed by atoms with Gasteiger partial charge in [-0.05, 0) is 20.4 Å². The van der Waals surface area contributed by atoms with Crippen molar-refractivity contribution in [3.8, 4) is 0 Å². The Balaban J connectivity index is 3.92. The van der Waals surface area contributed by atoms with Gasteiger partial charge in [0, 0.05) is 0 Å². The molecule has 0 rings (SSSR count). The largest absolute Gasteiger partial charge is 0.391 e. The minimum absolute atomic E-state index is 0.0463. The van der Waals surface area contributed by atoms with Crippen molar-refractivity contribution in [2.24, 2.45) is 0 Å². The fraction of sp³-hybridized carbons (Fsp3) is 0.750. The van der Waals surface area contributed by atoms with Gasteiger partial charge in [-0.25, -0.2) is 0 Å². The smallest absolute Gasteiger partial charge is 0.0728 e. The highest BCUT2D eigenvalue weighted by molar-refractivity contribution is 5.04. The predicted molar refractivity (Wildman–Crippen MR) is 44.0 cm³/mol. The molecule has 0 aliphatic carbocycles. The van der Waals surface area contributed by atoms with Crippen molar-refractivity contribution in [2.75, 3.05) is 7.05 Å². The van der Waals surface area contributed by atoms with Crippen LogP contribution in [0.4, 0.5) is 0 Å². The Labute approximate surface area is 62.9 Å². The summed E-state index contributed by atoms with van der Waals surface area (Å²) in [4.78, 5) is 0. The molecule has 0 aliphatic rings. The van der Waals surface area contributed by atoms with E-state index in [2.05, 4.69) is 11.9 Å². The van der Waals surface area contributed by atoms with Gasteiger partial charge in [0.25, 0.3) is 0 Å². The summed E-state index contributed by atoms with van der Waals surface area (Å²) in [5.74, 6) is 0. The van der Waals surface area contributed by atoms with Gasteiger partial charge in [0.2, 0.25) is 0 Å². The first kappa shape index (κ1) is 9.66. The van der Waals surface area contributed by atoms with Gasteiger partial charge in [-0.2, -0.15) is 0 Å². The molecular weight excluding hydrogens is 126 g/mol. The molecule has 0 spiro atoms. The molecule has 0 aromatic carbocycles. The van der Waals surface area contributed by atoms with Crippen LogP contribution < -0.4 is 5.32 Å². The summed E-state index contributed by atoms with van der Waals surface area (Å²) < 4.78 is 0. The van der Waals surface area contributed by atoms with Crippen LogP contribution in [0, 0.1) is 0 Å². The molecular formula is C8H17NO. The highest BCUT2D eigenvalue weighted by Gasteiger charge is 2.14. The molecule has 2 nitrogen and oxygen atoms in total. The second-order valence-electron chi connectivity index (χ2n) is 2.59. The first-order valence-corrected chi connectivity index (χ1v) is 3.64. The van der Waals surface area contributed by atoms with E-state index in [1.54, 1.807) is 0 Å². The third kappa shape index (κ3) is 2.50. The van der Waals surface area contributed by atoms with Gasteiger partial charge in [0.1, 0.15) is 0 Å². The molecule has 0 aromatic rings. The van der Waals surface area contributed by atoms with E-state index in [0.29, 0.717) is 0 Å². The Kier molecular flexibility index (Phi) is 4.32. The molecule has 0 bridgehead atoms. The quantitative estimate of drug-likeness (QED) is 0.574. The van der Waals surface area contributed by atoms with E-state index in [1.165, 1.54) is 0 Å². The lowest BCUT2D eigenvalue weighted by Crippen LogP contribution is -2.37. The third-order valence-electron chi connectivity index (χ3n) is 1.64. The standard InChI is InChI=1S/C8H17NO/c1-5-7(10)8(9-4)6(2)3/h7-10H,2,5H2,1,3-4H3/t7-,8-/m1/s1. The second kappa shape index (κ2) is 4.47. The highest BCUT2D eigenvalue weighted by atomic mass is 16.3. The van der Waals surface area contributed by atoms with E-state index in [0.717, 1.165) is 12.0 Å². The number of hydrogen-bond acceptors (Lipinski definition) is 2. The van der Waals surface area contributed by atoms with Crippen LogP contribution >= 0.6 is 0 Å². The van der Waals surface area contributed by atoms with Crippen LogP contribution in [0.2, 0.25) is 0 Å². The minimum Gasteiger partial charge on any atom is -0.391 e. The number of aliphatic hydroxyl groups excluding tert-OH is 1. The van der Waals surface area contributed by atoms with Crippen molar-refractivity contribution >= 4 is 0 Å². The Hall–Kier alpha value is -0.340. The average Bonchev–Trinajstić information content (AvgIpc) is 1.88. The van der Waals surface area contributed by atoms with Gasteiger partial charge in [-0.1, -0.05) is 19.1 Å². The van der Waals surface area contributed by atoms with Crippen LogP contribution in [0.25, 0.3) is 0 Å². The summed E-state index contributed by atoms with van der Waals surface area (Å²) in [5, 5.41) is 12.4. The van der Waals surface area contributed by atoms with Gasteiger partial charge < -0.3 is 10.4 Å². The van der Waals surface area contributed by atoms with Crippen molar-refractivity contribution in [2.45, 2.75) is 32.4 Å².